The first kappa shape index (κ1) is 13.5. The van der Waals surface area contributed by atoms with E-state index in [1.54, 1.807) is 0 Å². The second-order valence-corrected chi connectivity index (χ2v) is 4.58. The Morgan fingerprint density at radius 2 is 2.11 bits per heavy atom. The van der Waals surface area contributed by atoms with E-state index in [1.165, 1.54) is 12.0 Å². The number of benzene rings is 1. The van der Waals surface area contributed by atoms with Gasteiger partial charge in [0.05, 0.1) is 20.1 Å². The summed E-state index contributed by atoms with van der Waals surface area (Å²) in [4.78, 5) is 24.8. The molecular weight excluding hydrogens is 264 g/mol. The molecule has 1 aromatic rings. The number of hydrogen-bond donors (Lipinski definition) is 1. The molecular formula is C13H14N2O3S. The van der Waals surface area contributed by atoms with Gasteiger partial charge in [-0.25, -0.2) is 0 Å². The Hall–Kier alpha value is -1.95. The number of thiocarbonyl (C=S) groups is 1. The number of carbonyl (C=O) groups is 2. The van der Waals surface area contributed by atoms with Crippen LogP contribution in [-0.4, -0.2) is 35.0 Å². The Bertz CT molecular complexity index is 504. The topological polar surface area (TPSA) is 58.6 Å². The summed E-state index contributed by atoms with van der Waals surface area (Å²) in [6, 6.07) is 8.93. The third-order valence-electron chi connectivity index (χ3n) is 2.89. The molecule has 0 unspecified atom stereocenters. The Morgan fingerprint density at radius 1 is 1.42 bits per heavy atom. The van der Waals surface area contributed by atoms with E-state index in [4.69, 9.17) is 12.2 Å². The van der Waals surface area contributed by atoms with E-state index in [1.807, 2.05) is 30.3 Å². The van der Waals surface area contributed by atoms with Gasteiger partial charge in [-0.05, 0) is 17.8 Å². The molecule has 19 heavy (non-hydrogen) atoms. The van der Waals surface area contributed by atoms with Crippen molar-refractivity contribution in [1.29, 1.82) is 0 Å². The van der Waals surface area contributed by atoms with E-state index < -0.39 is 12.0 Å². The van der Waals surface area contributed by atoms with Crippen LogP contribution >= 0.6 is 12.2 Å². The lowest BCUT2D eigenvalue weighted by Gasteiger charge is -2.14. The van der Waals surface area contributed by atoms with Crippen LogP contribution in [0.1, 0.15) is 12.0 Å². The van der Waals surface area contributed by atoms with Crippen molar-refractivity contribution in [1.82, 2.24) is 10.2 Å². The minimum absolute atomic E-state index is 0.0131. The van der Waals surface area contributed by atoms with Crippen molar-refractivity contribution in [2.24, 2.45) is 0 Å². The van der Waals surface area contributed by atoms with Crippen LogP contribution in [0.15, 0.2) is 30.3 Å². The fourth-order valence-electron chi connectivity index (χ4n) is 1.88. The Kier molecular flexibility index (Phi) is 4.11. The molecule has 1 amide bonds. The van der Waals surface area contributed by atoms with Gasteiger partial charge in [-0.15, -0.1) is 0 Å². The van der Waals surface area contributed by atoms with Crippen molar-refractivity contribution in [3.63, 3.8) is 0 Å². The van der Waals surface area contributed by atoms with Gasteiger partial charge >= 0.3 is 5.97 Å². The van der Waals surface area contributed by atoms with Crippen LogP contribution in [0.5, 0.6) is 0 Å². The van der Waals surface area contributed by atoms with Crippen molar-refractivity contribution < 1.29 is 14.3 Å². The predicted molar refractivity (Wildman–Crippen MR) is 73.1 cm³/mol. The van der Waals surface area contributed by atoms with Crippen molar-refractivity contribution in [3.05, 3.63) is 35.9 Å². The van der Waals surface area contributed by atoms with Gasteiger partial charge in [0.15, 0.2) is 5.11 Å². The van der Waals surface area contributed by atoms with Crippen molar-refractivity contribution in [2.75, 3.05) is 7.11 Å². The molecule has 0 radical (unpaired) electrons. The van der Waals surface area contributed by atoms with Crippen LogP contribution in [0.4, 0.5) is 0 Å². The zero-order chi connectivity index (χ0) is 13.8. The van der Waals surface area contributed by atoms with Crippen molar-refractivity contribution >= 4 is 29.2 Å². The Morgan fingerprint density at radius 3 is 2.74 bits per heavy atom. The highest BCUT2D eigenvalue weighted by molar-refractivity contribution is 7.80. The molecule has 5 nitrogen and oxygen atoms in total. The van der Waals surface area contributed by atoms with Gasteiger partial charge < -0.3 is 10.1 Å². The zero-order valence-corrected chi connectivity index (χ0v) is 11.3. The smallest absolute Gasteiger partial charge is 0.308 e. The van der Waals surface area contributed by atoms with E-state index in [0.717, 1.165) is 5.56 Å². The van der Waals surface area contributed by atoms with Gasteiger partial charge in [0, 0.05) is 0 Å². The summed E-state index contributed by atoms with van der Waals surface area (Å²) >= 11 is 5.12. The third-order valence-corrected chi connectivity index (χ3v) is 3.23. The van der Waals surface area contributed by atoms with Gasteiger partial charge in [0.1, 0.15) is 6.04 Å². The molecule has 1 N–H and O–H groups in total. The highest BCUT2D eigenvalue weighted by Gasteiger charge is 2.36. The maximum Gasteiger partial charge on any atom is 0.308 e. The van der Waals surface area contributed by atoms with E-state index in [9.17, 15) is 9.59 Å². The first-order chi connectivity index (χ1) is 9.11. The monoisotopic (exact) mass is 278 g/mol. The molecule has 1 saturated heterocycles. The Labute approximate surface area is 116 Å². The molecule has 1 heterocycles. The SMILES string of the molecule is COC(=O)C[C@H]1NC(=S)N(Cc2ccccc2)C1=O. The first-order valence-corrected chi connectivity index (χ1v) is 6.25. The summed E-state index contributed by atoms with van der Waals surface area (Å²) in [5, 5.41) is 3.20. The predicted octanol–water partition coefficient (Wildman–Crippen LogP) is 0.835. The van der Waals surface area contributed by atoms with Crippen LogP contribution in [0.3, 0.4) is 0 Å². The standard InChI is InChI=1S/C13H14N2O3S/c1-18-11(16)7-10-12(17)15(13(19)14-10)8-9-5-3-2-4-6-9/h2-6,10H,7-8H2,1H3,(H,14,19)/t10-/m1/s1. The third kappa shape index (κ3) is 3.08. The molecule has 0 bridgehead atoms. The quantitative estimate of drug-likeness (QED) is 0.653. The van der Waals surface area contributed by atoms with Crippen molar-refractivity contribution in [3.8, 4) is 0 Å². The number of amides is 1. The maximum atomic E-state index is 12.1. The lowest BCUT2D eigenvalue weighted by atomic mass is 10.2. The molecule has 100 valence electrons. The second kappa shape index (κ2) is 5.79. The second-order valence-electron chi connectivity index (χ2n) is 4.19. The fourth-order valence-corrected chi connectivity index (χ4v) is 2.18. The van der Waals surface area contributed by atoms with Gasteiger partial charge in [0.2, 0.25) is 0 Å². The summed E-state index contributed by atoms with van der Waals surface area (Å²) in [6.45, 7) is 0.406. The largest absolute Gasteiger partial charge is 0.469 e. The van der Waals surface area contributed by atoms with Crippen LogP contribution in [0.2, 0.25) is 0 Å². The minimum Gasteiger partial charge on any atom is -0.469 e. The molecule has 2 rings (SSSR count). The molecule has 1 fully saturated rings. The van der Waals surface area contributed by atoms with E-state index in [0.29, 0.717) is 11.7 Å². The molecule has 1 atom stereocenters. The average Bonchev–Trinajstić information content (AvgIpc) is 2.67. The van der Waals surface area contributed by atoms with E-state index in [2.05, 4.69) is 10.1 Å². The van der Waals surface area contributed by atoms with Crippen LogP contribution < -0.4 is 5.32 Å². The van der Waals surface area contributed by atoms with Crippen LogP contribution in [0.25, 0.3) is 0 Å². The molecule has 1 aliphatic heterocycles. The first-order valence-electron chi connectivity index (χ1n) is 5.84. The summed E-state index contributed by atoms with van der Waals surface area (Å²) in [5.41, 5.74) is 0.985. The maximum absolute atomic E-state index is 12.1. The minimum atomic E-state index is -0.622. The fraction of sp³-hybridized carbons (Fsp3) is 0.308. The van der Waals surface area contributed by atoms with Gasteiger partial charge in [-0.3, -0.25) is 14.5 Å². The molecule has 6 heteroatoms. The number of esters is 1. The van der Waals surface area contributed by atoms with Gasteiger partial charge in [-0.2, -0.15) is 0 Å². The summed E-state index contributed by atoms with van der Waals surface area (Å²) in [5.74, 6) is -0.630. The lowest BCUT2D eigenvalue weighted by Crippen LogP contribution is -2.32. The molecule has 0 spiro atoms. The number of nitrogens with zero attached hydrogens (tertiary/aromatic N) is 1. The van der Waals surface area contributed by atoms with Crippen LogP contribution in [-0.2, 0) is 20.9 Å². The highest BCUT2D eigenvalue weighted by Crippen LogP contribution is 2.14. The molecule has 1 aliphatic rings. The molecule has 0 aromatic heterocycles. The summed E-state index contributed by atoms with van der Waals surface area (Å²) in [7, 11) is 1.29. The number of methoxy groups -OCH3 is 1. The zero-order valence-electron chi connectivity index (χ0n) is 10.5. The number of nitrogens with one attached hydrogen (secondary N) is 1. The Balaban J connectivity index is 2.04. The number of hydrogen-bond acceptors (Lipinski definition) is 4. The summed E-state index contributed by atoms with van der Waals surface area (Å²) in [6.07, 6.45) is -0.0131. The number of carbonyl (C=O) groups excluding carboxylic acids is 2. The number of rotatable bonds is 4. The molecule has 0 aliphatic carbocycles. The molecule has 0 saturated carbocycles. The van der Waals surface area contributed by atoms with Gasteiger partial charge in [0.25, 0.3) is 5.91 Å². The van der Waals surface area contributed by atoms with Crippen molar-refractivity contribution in [2.45, 2.75) is 19.0 Å². The van der Waals surface area contributed by atoms with E-state index in [-0.39, 0.29) is 12.3 Å². The lowest BCUT2D eigenvalue weighted by molar-refractivity contribution is -0.143. The highest BCUT2D eigenvalue weighted by atomic mass is 32.1. The van der Waals surface area contributed by atoms with Gasteiger partial charge in [-0.1, -0.05) is 30.3 Å². The van der Waals surface area contributed by atoms with E-state index >= 15 is 0 Å². The normalized spacial score (nSPS) is 18.4. The summed E-state index contributed by atoms with van der Waals surface area (Å²) < 4.78 is 4.56. The van der Waals surface area contributed by atoms with Crippen LogP contribution in [0, 0.1) is 0 Å². The molecule has 1 aromatic carbocycles. The average molecular weight is 278 g/mol. The number of ether oxygens (including phenoxy) is 1.